The number of aromatic nitrogens is 5. The number of halogens is 4. The van der Waals surface area contributed by atoms with Crippen molar-refractivity contribution in [2.24, 2.45) is 0 Å². The zero-order valence-electron chi connectivity index (χ0n) is 19.2. The van der Waals surface area contributed by atoms with Gasteiger partial charge in [-0.05, 0) is 36.6 Å². The molecule has 5 rings (SSSR count). The van der Waals surface area contributed by atoms with E-state index in [0.717, 1.165) is 32.0 Å². The third kappa shape index (κ3) is 5.88. The lowest BCUT2D eigenvalue weighted by Crippen LogP contribution is -2.35. The van der Waals surface area contributed by atoms with E-state index in [0.29, 0.717) is 17.3 Å². The molecule has 0 radical (unpaired) electrons. The highest BCUT2D eigenvalue weighted by molar-refractivity contribution is 5.87. The minimum atomic E-state index is -2.83. The van der Waals surface area contributed by atoms with Crippen molar-refractivity contribution in [1.82, 2.24) is 24.5 Å². The Kier molecular flexibility index (Phi) is 7.70. The fourth-order valence-corrected chi connectivity index (χ4v) is 4.31. The summed E-state index contributed by atoms with van der Waals surface area (Å²) in [6.07, 6.45) is 4.93. The van der Waals surface area contributed by atoms with Crippen LogP contribution in [0.5, 0.6) is 0 Å². The molecule has 1 aliphatic rings. The van der Waals surface area contributed by atoms with Crippen molar-refractivity contribution >= 4 is 29.2 Å². The van der Waals surface area contributed by atoms with Crippen LogP contribution in [0.25, 0.3) is 11.0 Å². The SMILES string of the molecule is O=C(F)F.O=C(O)c1ccc(Cc2ncnc3c2c(F)cn3C2CCN(c3ncccn3)CC2)c(F)c1. The monoisotopic (exact) mass is 516 g/mol. The van der Waals surface area contributed by atoms with Gasteiger partial charge in [-0.3, -0.25) is 0 Å². The van der Waals surface area contributed by atoms with E-state index in [2.05, 4.69) is 24.8 Å². The maximum absolute atomic E-state index is 15.0. The third-order valence-electron chi connectivity index (χ3n) is 5.99. The number of carboxylic acid groups (broad SMARTS) is 1. The summed E-state index contributed by atoms with van der Waals surface area (Å²) in [6.45, 7) is 1.46. The number of nitrogens with zero attached hydrogens (tertiary/aromatic N) is 6. The summed E-state index contributed by atoms with van der Waals surface area (Å²) in [7, 11) is 0. The van der Waals surface area contributed by atoms with Gasteiger partial charge in [0.2, 0.25) is 5.95 Å². The summed E-state index contributed by atoms with van der Waals surface area (Å²) in [6, 6.07) is 5.50. The molecule has 0 aliphatic carbocycles. The Hall–Kier alpha value is -4.42. The van der Waals surface area contributed by atoms with Gasteiger partial charge in [-0.25, -0.2) is 38.3 Å². The smallest absolute Gasteiger partial charge is 0.478 e. The Balaban J connectivity index is 0.000000747. The number of hydrogen-bond donors (Lipinski definition) is 1. The van der Waals surface area contributed by atoms with Gasteiger partial charge in [0.25, 0.3) is 0 Å². The van der Waals surface area contributed by atoms with Gasteiger partial charge in [-0.2, -0.15) is 0 Å². The predicted octanol–water partition coefficient (Wildman–Crippen LogP) is 4.68. The molecule has 1 aliphatic heterocycles. The number of fused-ring (bicyclic) bond motifs is 1. The van der Waals surface area contributed by atoms with E-state index in [1.54, 1.807) is 18.5 Å². The summed E-state index contributed by atoms with van der Waals surface area (Å²) in [5, 5.41) is 9.28. The quantitative estimate of drug-likeness (QED) is 0.301. The highest BCUT2D eigenvalue weighted by Gasteiger charge is 2.26. The van der Waals surface area contributed by atoms with Gasteiger partial charge in [0.05, 0.1) is 16.6 Å². The average Bonchev–Trinajstić information content (AvgIpc) is 3.23. The Labute approximate surface area is 207 Å². The molecule has 0 atom stereocenters. The predicted molar refractivity (Wildman–Crippen MR) is 124 cm³/mol. The summed E-state index contributed by atoms with van der Waals surface area (Å²) in [5.41, 5.74) is 0.916. The number of carbonyl (C=O) groups excluding carboxylic acids is 1. The summed E-state index contributed by atoms with van der Waals surface area (Å²) in [5.74, 6) is -1.66. The molecule has 0 bridgehead atoms. The number of carbonyl (C=O) groups is 2. The second-order valence-corrected chi connectivity index (χ2v) is 8.18. The molecule has 3 aromatic heterocycles. The topological polar surface area (TPSA) is 114 Å². The van der Waals surface area contributed by atoms with E-state index in [1.165, 1.54) is 24.7 Å². The Morgan fingerprint density at radius 3 is 2.30 bits per heavy atom. The number of piperidine rings is 1. The van der Waals surface area contributed by atoms with E-state index in [-0.39, 0.29) is 29.0 Å². The van der Waals surface area contributed by atoms with Crippen molar-refractivity contribution in [2.45, 2.75) is 25.3 Å². The number of aromatic carboxylic acids is 1. The molecule has 9 nitrogen and oxygen atoms in total. The van der Waals surface area contributed by atoms with Crippen LogP contribution in [0.1, 0.15) is 40.5 Å². The molecular formula is C24H20F4N6O3. The van der Waals surface area contributed by atoms with E-state index in [9.17, 15) is 18.0 Å². The number of anilines is 1. The van der Waals surface area contributed by atoms with Crippen molar-refractivity contribution in [2.75, 3.05) is 18.0 Å². The van der Waals surface area contributed by atoms with Crippen LogP contribution in [-0.2, 0) is 6.42 Å². The summed E-state index contributed by atoms with van der Waals surface area (Å²) >= 11 is 0. The maximum atomic E-state index is 15.0. The first-order valence-electron chi connectivity index (χ1n) is 11.1. The third-order valence-corrected chi connectivity index (χ3v) is 5.99. The Bertz CT molecular complexity index is 1420. The van der Waals surface area contributed by atoms with Gasteiger partial charge >= 0.3 is 12.3 Å². The molecule has 0 saturated carbocycles. The van der Waals surface area contributed by atoms with E-state index in [4.69, 9.17) is 9.90 Å². The van der Waals surface area contributed by atoms with Crippen molar-refractivity contribution in [3.05, 3.63) is 77.6 Å². The molecule has 0 unspecified atom stereocenters. The van der Waals surface area contributed by atoms with Crippen LogP contribution in [0.15, 0.2) is 49.2 Å². The van der Waals surface area contributed by atoms with Crippen LogP contribution >= 0.6 is 0 Å². The van der Waals surface area contributed by atoms with Crippen molar-refractivity contribution < 1.29 is 32.3 Å². The molecule has 4 aromatic rings. The van der Waals surface area contributed by atoms with Gasteiger partial charge in [0.15, 0.2) is 5.82 Å². The van der Waals surface area contributed by atoms with E-state index < -0.39 is 23.9 Å². The molecule has 1 aromatic carbocycles. The fraction of sp³-hybridized carbons (Fsp3) is 0.250. The number of benzene rings is 1. The molecular weight excluding hydrogens is 496 g/mol. The lowest BCUT2D eigenvalue weighted by atomic mass is 10.0. The molecule has 4 heterocycles. The molecule has 13 heteroatoms. The van der Waals surface area contributed by atoms with Crippen LogP contribution in [0.4, 0.5) is 28.3 Å². The number of carboxylic acids is 1. The standard InChI is InChI=1S/C23H20F2N6O2.CF2O/c24-17-10-15(22(32)33)3-2-14(17)11-19-20-18(25)12-31(21(20)29-13-28-19)16-4-8-30(9-5-16)23-26-6-1-7-27-23;2-1(3)4/h1-3,6-7,10,12-13,16H,4-5,8-9,11H2,(H,32,33);. The van der Waals surface area contributed by atoms with Crippen LogP contribution in [0.3, 0.4) is 0 Å². The molecule has 192 valence electrons. The second-order valence-electron chi connectivity index (χ2n) is 8.18. The van der Waals surface area contributed by atoms with Gasteiger partial charge in [-0.1, -0.05) is 6.07 Å². The lowest BCUT2D eigenvalue weighted by Gasteiger charge is -2.32. The Morgan fingerprint density at radius 2 is 1.68 bits per heavy atom. The van der Waals surface area contributed by atoms with Crippen molar-refractivity contribution in [3.63, 3.8) is 0 Å². The lowest BCUT2D eigenvalue weighted by molar-refractivity contribution is 0.0696. The number of rotatable bonds is 5. The first-order chi connectivity index (χ1) is 17.7. The maximum Gasteiger partial charge on any atom is 0.483 e. The zero-order chi connectivity index (χ0) is 26.5. The van der Waals surface area contributed by atoms with Gasteiger partial charge in [0, 0.05) is 44.1 Å². The molecule has 37 heavy (non-hydrogen) atoms. The largest absolute Gasteiger partial charge is 0.483 e. The van der Waals surface area contributed by atoms with Gasteiger partial charge < -0.3 is 14.6 Å². The highest BCUT2D eigenvalue weighted by atomic mass is 19.3. The average molecular weight is 516 g/mol. The van der Waals surface area contributed by atoms with E-state index in [1.807, 2.05) is 4.57 Å². The van der Waals surface area contributed by atoms with Crippen LogP contribution in [0, 0.1) is 11.6 Å². The minimum absolute atomic E-state index is 0.0233. The molecule has 1 saturated heterocycles. The summed E-state index contributed by atoms with van der Waals surface area (Å²) < 4.78 is 50.7. The first kappa shape index (κ1) is 25.7. The van der Waals surface area contributed by atoms with Crippen LogP contribution in [0.2, 0.25) is 0 Å². The van der Waals surface area contributed by atoms with Crippen molar-refractivity contribution in [3.8, 4) is 0 Å². The molecule has 0 amide bonds. The number of hydrogen-bond acceptors (Lipinski definition) is 7. The van der Waals surface area contributed by atoms with Crippen molar-refractivity contribution in [1.29, 1.82) is 0 Å². The normalized spacial score (nSPS) is 13.8. The zero-order valence-corrected chi connectivity index (χ0v) is 19.2. The first-order valence-corrected chi connectivity index (χ1v) is 11.1. The van der Waals surface area contributed by atoms with Gasteiger partial charge in [-0.15, -0.1) is 8.78 Å². The Morgan fingerprint density at radius 1 is 1.00 bits per heavy atom. The molecule has 0 spiro atoms. The van der Waals surface area contributed by atoms with Crippen LogP contribution < -0.4 is 4.90 Å². The minimum Gasteiger partial charge on any atom is -0.478 e. The van der Waals surface area contributed by atoms with E-state index >= 15 is 4.39 Å². The molecule has 1 N–H and O–H groups in total. The fourth-order valence-electron chi connectivity index (χ4n) is 4.31. The highest BCUT2D eigenvalue weighted by Crippen LogP contribution is 2.31. The van der Waals surface area contributed by atoms with Gasteiger partial charge in [0.1, 0.15) is 17.8 Å². The summed E-state index contributed by atoms with van der Waals surface area (Å²) in [4.78, 5) is 38.4. The molecule has 1 fully saturated rings. The second kappa shape index (κ2) is 11.1. The van der Waals surface area contributed by atoms with Crippen LogP contribution in [-0.4, -0.2) is 55.0 Å².